The van der Waals surface area contributed by atoms with E-state index in [1.54, 1.807) is 0 Å². The minimum atomic E-state index is -0.0668. The van der Waals surface area contributed by atoms with Crippen LogP contribution in [-0.4, -0.2) is 21.2 Å². The Labute approximate surface area is 147 Å². The number of Topliss-reactive ketones (excluding diaryl/α,β-unsaturated/α-hetero) is 1. The highest BCUT2D eigenvalue weighted by atomic mass is 16.2. The van der Waals surface area contributed by atoms with Gasteiger partial charge in [0.2, 0.25) is 11.9 Å². The number of hydrogen-bond acceptors (Lipinski definition) is 3. The summed E-state index contributed by atoms with van der Waals surface area (Å²) in [7, 11) is 0. The molecular formula is C20H25N3O2. The van der Waals surface area contributed by atoms with E-state index in [1.807, 2.05) is 24.3 Å². The number of rotatable bonds is 4. The van der Waals surface area contributed by atoms with Gasteiger partial charge in [0.25, 0.3) is 0 Å². The topological polar surface area (TPSA) is 64.0 Å². The number of carbonyl (C=O) groups is 2. The average Bonchev–Trinajstić information content (AvgIpc) is 2.92. The minimum Gasteiger partial charge on any atom is -0.310 e. The lowest BCUT2D eigenvalue weighted by molar-refractivity contribution is -0.136. The number of fused-ring (bicyclic) bond motifs is 3. The molecule has 2 bridgehead atoms. The van der Waals surface area contributed by atoms with E-state index in [0.717, 1.165) is 43.3 Å². The third-order valence-corrected chi connectivity index (χ3v) is 5.76. The Morgan fingerprint density at radius 3 is 2.68 bits per heavy atom. The van der Waals surface area contributed by atoms with E-state index in [9.17, 15) is 9.59 Å². The van der Waals surface area contributed by atoms with Crippen LogP contribution in [0.15, 0.2) is 24.3 Å². The number of hydrogen-bond donors (Lipinski definition) is 1. The second kappa shape index (κ2) is 6.62. The third-order valence-electron chi connectivity index (χ3n) is 5.76. The number of imidazole rings is 1. The van der Waals surface area contributed by atoms with Crippen LogP contribution in [0.3, 0.4) is 0 Å². The van der Waals surface area contributed by atoms with Crippen molar-refractivity contribution in [2.75, 3.05) is 5.32 Å². The first-order valence-corrected chi connectivity index (χ1v) is 9.47. The molecule has 5 nitrogen and oxygen atoms in total. The number of anilines is 1. The molecule has 1 aromatic heterocycles. The molecule has 132 valence electrons. The number of nitrogens with one attached hydrogen (secondary N) is 1. The number of aryl methyl sites for hydroxylation is 1. The van der Waals surface area contributed by atoms with Gasteiger partial charge in [-0.1, -0.05) is 25.5 Å². The van der Waals surface area contributed by atoms with E-state index in [2.05, 4.69) is 21.8 Å². The van der Waals surface area contributed by atoms with E-state index in [4.69, 9.17) is 0 Å². The Morgan fingerprint density at radius 2 is 1.96 bits per heavy atom. The fraction of sp³-hybridized carbons (Fsp3) is 0.550. The maximum absolute atomic E-state index is 12.9. The van der Waals surface area contributed by atoms with Gasteiger partial charge in [-0.2, -0.15) is 0 Å². The standard InChI is InChI=1S/C20H25N3O2/c1-2-10-23-17-9-4-3-8-16(17)21-20(23)22-19(25)15-11-13-6-5-7-14(12-15)18(13)24/h3-4,8-9,13-15H,2,5-7,10-12H2,1H3,(H,21,22,25)/t13-,14+,15?. The highest BCUT2D eigenvalue weighted by Crippen LogP contribution is 2.40. The van der Waals surface area contributed by atoms with E-state index < -0.39 is 0 Å². The monoisotopic (exact) mass is 339 g/mol. The number of carbonyl (C=O) groups excluding carboxylic acids is 2. The minimum absolute atomic E-state index is 0.0251. The van der Waals surface area contributed by atoms with Gasteiger partial charge in [-0.15, -0.1) is 0 Å². The summed E-state index contributed by atoms with van der Waals surface area (Å²) in [4.78, 5) is 29.7. The summed E-state index contributed by atoms with van der Waals surface area (Å²) in [5.74, 6) is 1.18. The third kappa shape index (κ3) is 2.96. The first kappa shape index (κ1) is 16.3. The maximum atomic E-state index is 12.9. The lowest BCUT2D eigenvalue weighted by Gasteiger charge is -2.36. The van der Waals surface area contributed by atoms with Crippen LogP contribution in [0.4, 0.5) is 5.95 Å². The van der Waals surface area contributed by atoms with Crippen molar-refractivity contribution in [1.29, 1.82) is 0 Å². The number of nitrogens with zero attached hydrogens (tertiary/aromatic N) is 2. The highest BCUT2D eigenvalue weighted by Gasteiger charge is 2.41. The molecule has 2 saturated carbocycles. The molecule has 1 aromatic carbocycles. The number of para-hydroxylation sites is 2. The Morgan fingerprint density at radius 1 is 1.24 bits per heavy atom. The van der Waals surface area contributed by atoms with Crippen molar-refractivity contribution >= 4 is 28.7 Å². The predicted molar refractivity (Wildman–Crippen MR) is 97.2 cm³/mol. The first-order valence-electron chi connectivity index (χ1n) is 9.47. The van der Waals surface area contributed by atoms with Crippen molar-refractivity contribution in [2.24, 2.45) is 17.8 Å². The van der Waals surface area contributed by atoms with Crippen LogP contribution >= 0.6 is 0 Å². The molecule has 1 unspecified atom stereocenters. The predicted octanol–water partition coefficient (Wildman–Crippen LogP) is 3.78. The van der Waals surface area contributed by atoms with Gasteiger partial charge < -0.3 is 4.57 Å². The zero-order valence-electron chi connectivity index (χ0n) is 14.7. The molecule has 2 aliphatic carbocycles. The molecule has 2 aromatic rings. The normalized spacial score (nSPS) is 26.0. The van der Waals surface area contributed by atoms with Gasteiger partial charge in [0.05, 0.1) is 11.0 Å². The summed E-state index contributed by atoms with van der Waals surface area (Å²) >= 11 is 0. The average molecular weight is 339 g/mol. The molecule has 4 rings (SSSR count). The molecule has 1 heterocycles. The van der Waals surface area contributed by atoms with Gasteiger partial charge in [0.1, 0.15) is 5.78 Å². The van der Waals surface area contributed by atoms with Gasteiger partial charge in [0, 0.05) is 24.3 Å². The Kier molecular flexibility index (Phi) is 4.32. The van der Waals surface area contributed by atoms with E-state index in [0.29, 0.717) is 24.6 Å². The lowest BCUT2D eigenvalue weighted by Crippen LogP contribution is -2.40. The number of amides is 1. The maximum Gasteiger partial charge on any atom is 0.229 e. The van der Waals surface area contributed by atoms with Gasteiger partial charge in [-0.05, 0) is 44.2 Å². The van der Waals surface area contributed by atoms with E-state index in [-0.39, 0.29) is 23.7 Å². The molecule has 2 aliphatic rings. The van der Waals surface area contributed by atoms with Crippen molar-refractivity contribution in [1.82, 2.24) is 9.55 Å². The number of ketones is 1. The quantitative estimate of drug-likeness (QED) is 0.922. The molecule has 3 atom stereocenters. The van der Waals surface area contributed by atoms with Crippen LogP contribution in [-0.2, 0) is 16.1 Å². The van der Waals surface area contributed by atoms with E-state index >= 15 is 0 Å². The number of benzene rings is 1. The summed E-state index contributed by atoms with van der Waals surface area (Å²) in [5, 5.41) is 3.06. The first-order chi connectivity index (χ1) is 12.2. The lowest BCUT2D eigenvalue weighted by atomic mass is 9.67. The molecular weight excluding hydrogens is 314 g/mol. The highest BCUT2D eigenvalue weighted by molar-refractivity contribution is 5.95. The Bertz CT molecular complexity index is 794. The second-order valence-corrected chi connectivity index (χ2v) is 7.46. The second-order valence-electron chi connectivity index (χ2n) is 7.46. The zero-order chi connectivity index (χ0) is 17.4. The molecule has 2 fully saturated rings. The van der Waals surface area contributed by atoms with Crippen LogP contribution in [0.2, 0.25) is 0 Å². The summed E-state index contributed by atoms with van der Waals surface area (Å²) in [5.41, 5.74) is 1.96. The van der Waals surface area contributed by atoms with Crippen molar-refractivity contribution in [2.45, 2.75) is 52.0 Å². The summed E-state index contributed by atoms with van der Waals surface area (Å²) in [6.07, 6.45) is 5.41. The fourth-order valence-corrected chi connectivity index (χ4v) is 4.53. The van der Waals surface area contributed by atoms with Crippen molar-refractivity contribution in [3.05, 3.63) is 24.3 Å². The molecule has 1 amide bonds. The van der Waals surface area contributed by atoms with Gasteiger partial charge in [0.15, 0.2) is 0 Å². The van der Waals surface area contributed by atoms with Gasteiger partial charge in [-0.25, -0.2) is 4.98 Å². The largest absolute Gasteiger partial charge is 0.310 e. The summed E-state index contributed by atoms with van der Waals surface area (Å²) in [6, 6.07) is 7.97. The van der Waals surface area contributed by atoms with Crippen LogP contribution in [0, 0.1) is 17.8 Å². The molecule has 1 N–H and O–H groups in total. The fourth-order valence-electron chi connectivity index (χ4n) is 4.53. The van der Waals surface area contributed by atoms with Crippen LogP contribution < -0.4 is 5.32 Å². The van der Waals surface area contributed by atoms with Crippen molar-refractivity contribution in [3.8, 4) is 0 Å². The smallest absolute Gasteiger partial charge is 0.229 e. The molecule has 0 aliphatic heterocycles. The molecule has 25 heavy (non-hydrogen) atoms. The summed E-state index contributed by atoms with van der Waals surface area (Å²) < 4.78 is 2.09. The number of aromatic nitrogens is 2. The van der Waals surface area contributed by atoms with Crippen LogP contribution in [0.1, 0.15) is 45.4 Å². The zero-order valence-corrected chi connectivity index (χ0v) is 14.7. The van der Waals surface area contributed by atoms with E-state index in [1.165, 1.54) is 0 Å². The summed E-state index contributed by atoms with van der Waals surface area (Å²) in [6.45, 7) is 2.94. The molecule has 0 saturated heterocycles. The Hall–Kier alpha value is -2.17. The molecule has 0 spiro atoms. The van der Waals surface area contributed by atoms with Crippen LogP contribution in [0.5, 0.6) is 0 Å². The SMILES string of the molecule is CCCn1c(NC(=O)C2C[C@H]3CCC[C@@H](C2)C3=O)nc2ccccc21. The van der Waals surface area contributed by atoms with Crippen molar-refractivity contribution < 1.29 is 9.59 Å². The molecule has 0 radical (unpaired) electrons. The molecule has 5 heteroatoms. The Balaban J connectivity index is 1.56. The van der Waals surface area contributed by atoms with Crippen LogP contribution in [0.25, 0.3) is 11.0 Å². The van der Waals surface area contributed by atoms with Gasteiger partial charge >= 0.3 is 0 Å². The van der Waals surface area contributed by atoms with Gasteiger partial charge in [-0.3, -0.25) is 14.9 Å². The van der Waals surface area contributed by atoms with Crippen molar-refractivity contribution in [3.63, 3.8) is 0 Å².